The van der Waals surface area contributed by atoms with Crippen molar-refractivity contribution in [3.05, 3.63) is 129 Å². The molecular formula is C35H37Cl2N3O4S. The molecule has 0 spiro atoms. The third-order valence-electron chi connectivity index (χ3n) is 7.49. The monoisotopic (exact) mass is 665 g/mol. The van der Waals surface area contributed by atoms with Gasteiger partial charge in [-0.15, -0.1) is 0 Å². The fourth-order valence-corrected chi connectivity index (χ4v) is 6.78. The van der Waals surface area contributed by atoms with E-state index in [0.29, 0.717) is 13.0 Å². The third kappa shape index (κ3) is 8.66. The number of benzene rings is 4. The average molecular weight is 667 g/mol. The number of halogens is 2. The Morgan fingerprint density at radius 3 is 2.20 bits per heavy atom. The summed E-state index contributed by atoms with van der Waals surface area (Å²) in [5, 5.41) is 3.31. The van der Waals surface area contributed by atoms with Crippen LogP contribution >= 0.6 is 23.2 Å². The van der Waals surface area contributed by atoms with E-state index in [1.54, 1.807) is 18.2 Å². The quantitative estimate of drug-likeness (QED) is 0.167. The molecule has 0 aliphatic heterocycles. The molecule has 0 fully saturated rings. The minimum atomic E-state index is -4.30. The molecule has 45 heavy (non-hydrogen) atoms. The van der Waals surface area contributed by atoms with Crippen LogP contribution in [0.3, 0.4) is 0 Å². The van der Waals surface area contributed by atoms with Crippen molar-refractivity contribution in [1.82, 2.24) is 10.2 Å². The van der Waals surface area contributed by atoms with Crippen LogP contribution in [0, 0.1) is 13.8 Å². The predicted octanol–water partition coefficient (Wildman–Crippen LogP) is 6.97. The maximum atomic E-state index is 14.5. The topological polar surface area (TPSA) is 86.8 Å². The predicted molar refractivity (Wildman–Crippen MR) is 181 cm³/mol. The Labute approximate surface area is 275 Å². The molecule has 4 aromatic rings. The highest BCUT2D eigenvalue weighted by Gasteiger charge is 2.35. The molecule has 0 aliphatic rings. The first-order valence-corrected chi connectivity index (χ1v) is 16.9. The molecule has 0 saturated carbocycles. The van der Waals surface area contributed by atoms with Crippen molar-refractivity contribution in [3.8, 4) is 0 Å². The van der Waals surface area contributed by atoms with E-state index in [2.05, 4.69) is 5.32 Å². The number of rotatable bonds is 13. The highest BCUT2D eigenvalue weighted by atomic mass is 35.5. The van der Waals surface area contributed by atoms with Gasteiger partial charge in [-0.25, -0.2) is 8.42 Å². The number of hydrogen-bond donors (Lipinski definition) is 1. The van der Waals surface area contributed by atoms with E-state index in [9.17, 15) is 18.0 Å². The van der Waals surface area contributed by atoms with E-state index in [-0.39, 0.29) is 39.5 Å². The molecule has 236 valence electrons. The fraction of sp³-hybridized carbons (Fsp3) is 0.257. The minimum Gasteiger partial charge on any atom is -0.354 e. The highest BCUT2D eigenvalue weighted by molar-refractivity contribution is 7.92. The molecule has 0 heterocycles. The summed E-state index contributed by atoms with van der Waals surface area (Å²) in [6.07, 6.45) is 0.946. The van der Waals surface area contributed by atoms with E-state index in [4.69, 9.17) is 23.2 Å². The number of nitrogens with zero attached hydrogens (tertiary/aromatic N) is 2. The number of amides is 2. The Morgan fingerprint density at radius 1 is 0.867 bits per heavy atom. The SMILES string of the molecule is CCCNC(=O)C(Cc1ccccc1)N(Cc1ccccc1C)C(=O)CN(c1cc(Cl)ccc1Cl)S(=O)(=O)c1ccc(C)cc1. The van der Waals surface area contributed by atoms with E-state index < -0.39 is 28.5 Å². The second-order valence-corrected chi connectivity index (χ2v) is 13.6. The van der Waals surface area contributed by atoms with Crippen LogP contribution in [0.15, 0.2) is 102 Å². The van der Waals surface area contributed by atoms with E-state index in [1.165, 1.54) is 29.2 Å². The van der Waals surface area contributed by atoms with Crippen molar-refractivity contribution in [1.29, 1.82) is 0 Å². The number of carbonyl (C=O) groups is 2. The maximum absolute atomic E-state index is 14.5. The minimum absolute atomic E-state index is 0.0103. The van der Waals surface area contributed by atoms with Gasteiger partial charge in [0.05, 0.1) is 15.6 Å². The summed E-state index contributed by atoms with van der Waals surface area (Å²) < 4.78 is 29.4. The molecule has 7 nitrogen and oxygen atoms in total. The van der Waals surface area contributed by atoms with Gasteiger partial charge in [0.1, 0.15) is 12.6 Å². The first-order valence-electron chi connectivity index (χ1n) is 14.7. The lowest BCUT2D eigenvalue weighted by Gasteiger charge is -2.34. The Bertz CT molecular complexity index is 1730. The normalized spacial score (nSPS) is 11.9. The zero-order chi connectivity index (χ0) is 32.6. The van der Waals surface area contributed by atoms with Crippen LogP contribution in [0.2, 0.25) is 10.0 Å². The first-order chi connectivity index (χ1) is 21.5. The van der Waals surface area contributed by atoms with Gasteiger partial charge < -0.3 is 10.2 Å². The van der Waals surface area contributed by atoms with Crippen LogP contribution in [-0.2, 0) is 32.6 Å². The number of sulfonamides is 1. The van der Waals surface area contributed by atoms with E-state index in [1.807, 2.05) is 75.4 Å². The van der Waals surface area contributed by atoms with Gasteiger partial charge in [0.25, 0.3) is 10.0 Å². The standard InChI is InChI=1S/C35H37Cl2N3O4S/c1-4-20-38-35(42)33(21-27-11-6-5-7-12-27)39(23-28-13-9-8-10-26(28)3)34(41)24-40(32-22-29(36)16-19-31(32)37)45(43,44)30-17-14-25(2)15-18-30/h5-19,22,33H,4,20-21,23-24H2,1-3H3,(H,38,42). The summed E-state index contributed by atoms with van der Waals surface area (Å²) in [7, 11) is -4.30. The van der Waals surface area contributed by atoms with Gasteiger partial charge in [0.15, 0.2) is 0 Å². The van der Waals surface area contributed by atoms with Crippen molar-refractivity contribution in [3.63, 3.8) is 0 Å². The van der Waals surface area contributed by atoms with E-state index in [0.717, 1.165) is 26.6 Å². The van der Waals surface area contributed by atoms with Crippen molar-refractivity contribution >= 4 is 50.7 Å². The molecule has 0 radical (unpaired) electrons. The summed E-state index contributed by atoms with van der Waals surface area (Å²) in [4.78, 5) is 29.8. The lowest BCUT2D eigenvalue weighted by molar-refractivity contribution is -0.140. The second-order valence-electron chi connectivity index (χ2n) is 10.9. The molecule has 10 heteroatoms. The van der Waals surface area contributed by atoms with Gasteiger partial charge >= 0.3 is 0 Å². The van der Waals surface area contributed by atoms with Crippen molar-refractivity contribution in [2.24, 2.45) is 0 Å². The third-order valence-corrected chi connectivity index (χ3v) is 9.82. The first kappa shape index (κ1) is 34.0. The van der Waals surface area contributed by atoms with Crippen LogP contribution in [0.5, 0.6) is 0 Å². The molecule has 0 saturated heterocycles. The Kier molecular flexibility index (Phi) is 11.7. The van der Waals surface area contributed by atoms with Crippen molar-refractivity contribution in [2.75, 3.05) is 17.4 Å². The van der Waals surface area contributed by atoms with Gasteiger partial charge in [-0.1, -0.05) is 102 Å². The van der Waals surface area contributed by atoms with Crippen LogP contribution < -0.4 is 9.62 Å². The molecule has 1 N–H and O–H groups in total. The maximum Gasteiger partial charge on any atom is 0.264 e. The van der Waals surface area contributed by atoms with Gasteiger partial charge in [-0.2, -0.15) is 0 Å². The highest BCUT2D eigenvalue weighted by Crippen LogP contribution is 2.33. The Morgan fingerprint density at radius 2 is 1.53 bits per heavy atom. The molecule has 2 amide bonds. The molecule has 1 unspecified atom stereocenters. The van der Waals surface area contributed by atoms with Crippen LogP contribution in [0.25, 0.3) is 0 Å². The van der Waals surface area contributed by atoms with Crippen LogP contribution in [0.1, 0.15) is 35.6 Å². The van der Waals surface area contributed by atoms with Gasteiger partial charge in [0.2, 0.25) is 11.8 Å². The number of nitrogens with one attached hydrogen (secondary N) is 1. The Hall–Kier alpha value is -3.85. The zero-order valence-electron chi connectivity index (χ0n) is 25.5. The largest absolute Gasteiger partial charge is 0.354 e. The van der Waals surface area contributed by atoms with Gasteiger partial charge in [-0.05, 0) is 67.3 Å². The van der Waals surface area contributed by atoms with Gasteiger partial charge in [0, 0.05) is 24.5 Å². The molecule has 1 atom stereocenters. The number of hydrogen-bond acceptors (Lipinski definition) is 4. The number of aryl methyl sites for hydroxylation is 2. The second kappa shape index (κ2) is 15.4. The van der Waals surface area contributed by atoms with Crippen molar-refractivity contribution < 1.29 is 18.0 Å². The number of anilines is 1. The summed E-state index contributed by atoms with van der Waals surface area (Å²) in [6, 6.07) is 26.9. The van der Waals surface area contributed by atoms with Crippen LogP contribution in [-0.4, -0.2) is 44.3 Å². The Balaban J connectivity index is 1.83. The molecule has 4 rings (SSSR count). The summed E-state index contributed by atoms with van der Waals surface area (Å²) in [5.41, 5.74) is 3.57. The van der Waals surface area contributed by atoms with Gasteiger partial charge in [-0.3, -0.25) is 13.9 Å². The number of carbonyl (C=O) groups excluding carboxylic acids is 2. The summed E-state index contributed by atoms with van der Waals surface area (Å²) in [6.45, 7) is 5.64. The molecule has 0 aromatic heterocycles. The van der Waals surface area contributed by atoms with Crippen molar-refractivity contribution in [2.45, 2.75) is 51.1 Å². The molecular weight excluding hydrogens is 629 g/mol. The average Bonchev–Trinajstić information content (AvgIpc) is 3.03. The zero-order valence-corrected chi connectivity index (χ0v) is 27.9. The molecule has 4 aromatic carbocycles. The smallest absolute Gasteiger partial charge is 0.264 e. The summed E-state index contributed by atoms with van der Waals surface area (Å²) in [5.74, 6) is -0.895. The van der Waals surface area contributed by atoms with Crippen LogP contribution in [0.4, 0.5) is 5.69 Å². The van der Waals surface area contributed by atoms with E-state index >= 15 is 0 Å². The fourth-order valence-electron chi connectivity index (χ4n) is 4.92. The molecule has 0 aliphatic carbocycles. The lowest BCUT2D eigenvalue weighted by atomic mass is 10.0. The lowest BCUT2D eigenvalue weighted by Crippen LogP contribution is -2.53. The summed E-state index contributed by atoms with van der Waals surface area (Å²) >= 11 is 12.9. The molecule has 0 bridgehead atoms.